The second-order valence-electron chi connectivity index (χ2n) is 10.9. The van der Waals surface area contributed by atoms with E-state index in [1.54, 1.807) is 0 Å². The van der Waals surface area contributed by atoms with E-state index in [4.69, 9.17) is 11.1 Å². The maximum Gasteiger partial charge on any atom is 0.258 e. The van der Waals surface area contributed by atoms with Crippen molar-refractivity contribution in [2.24, 2.45) is 11.3 Å². The van der Waals surface area contributed by atoms with E-state index in [-0.39, 0.29) is 5.54 Å². The van der Waals surface area contributed by atoms with Crippen LogP contribution in [0.2, 0.25) is 0 Å². The first-order valence-electron chi connectivity index (χ1n) is 12.4. The number of anilines is 2. The largest absolute Gasteiger partial charge is 0.361 e. The molecule has 1 aliphatic heterocycles. The van der Waals surface area contributed by atoms with E-state index in [0.717, 1.165) is 47.5 Å². The highest BCUT2D eigenvalue weighted by Gasteiger charge is 2.52. The highest BCUT2D eigenvalue weighted by Crippen LogP contribution is 2.51. The van der Waals surface area contributed by atoms with Gasteiger partial charge in [0.1, 0.15) is 5.76 Å². The number of hydrogen-bond acceptors (Lipinski definition) is 4. The first-order valence-corrected chi connectivity index (χ1v) is 12.4. The van der Waals surface area contributed by atoms with E-state index >= 15 is 0 Å². The van der Waals surface area contributed by atoms with Crippen LogP contribution in [0.4, 0.5) is 11.4 Å². The third-order valence-electron chi connectivity index (χ3n) is 8.36. The molecule has 0 amide bonds. The second-order valence-corrected chi connectivity index (χ2v) is 10.9. The van der Waals surface area contributed by atoms with Gasteiger partial charge in [0.05, 0.1) is 5.69 Å². The van der Waals surface area contributed by atoms with Crippen LogP contribution < -0.4 is 10.2 Å². The van der Waals surface area contributed by atoms with Crippen molar-refractivity contribution in [3.05, 3.63) is 76.5 Å². The molecule has 1 N–H and O–H groups in total. The van der Waals surface area contributed by atoms with Crippen molar-refractivity contribution in [1.29, 1.82) is 0 Å². The van der Waals surface area contributed by atoms with Crippen molar-refractivity contribution in [3.8, 4) is 11.1 Å². The Labute approximate surface area is 202 Å². The average Bonchev–Trinajstić information content (AvgIpc) is 3.52. The zero-order valence-corrected chi connectivity index (χ0v) is 20.3. The fraction of sp³-hybridized carbons (Fsp3) is 0.448. The van der Waals surface area contributed by atoms with Crippen LogP contribution in [0.25, 0.3) is 16.0 Å². The molecule has 174 valence electrons. The third-order valence-corrected chi connectivity index (χ3v) is 8.36. The Hall–Kier alpha value is -3.10. The molecular weight excluding hydrogens is 420 g/mol. The van der Waals surface area contributed by atoms with E-state index < -0.39 is 0 Å². The molecule has 5 heteroatoms. The summed E-state index contributed by atoms with van der Waals surface area (Å²) >= 11 is 0. The molecule has 2 heterocycles. The summed E-state index contributed by atoms with van der Waals surface area (Å²) in [5, 5.41) is 7.64. The van der Waals surface area contributed by atoms with Gasteiger partial charge >= 0.3 is 0 Å². The molecular formula is C29H32N4O. The van der Waals surface area contributed by atoms with Crippen LogP contribution in [0.5, 0.6) is 0 Å². The van der Waals surface area contributed by atoms with Crippen molar-refractivity contribution >= 4 is 11.4 Å². The van der Waals surface area contributed by atoms with Gasteiger partial charge in [0.2, 0.25) is 0 Å². The predicted octanol–water partition coefficient (Wildman–Crippen LogP) is 6.31. The molecule has 5 nitrogen and oxygen atoms in total. The van der Waals surface area contributed by atoms with Gasteiger partial charge in [0.25, 0.3) is 5.54 Å². The molecule has 0 atom stereocenters. The summed E-state index contributed by atoms with van der Waals surface area (Å²) in [4.78, 5) is 6.43. The second kappa shape index (κ2) is 7.71. The number of hydrogen-bond donors (Lipinski definition) is 1. The SMILES string of the molecule is [C-]#[N+]C1(c2ccc(N(CC3CC4(CNC4)C3)c3cc(-c4c(C)noc4C)ccc3C)cc2)CC1. The highest BCUT2D eigenvalue weighted by atomic mass is 16.5. The lowest BCUT2D eigenvalue weighted by Crippen LogP contribution is -2.61. The number of nitrogens with zero attached hydrogens (tertiary/aromatic N) is 3. The molecule has 2 aliphatic carbocycles. The van der Waals surface area contributed by atoms with Gasteiger partial charge in [-0.1, -0.05) is 17.3 Å². The first kappa shape index (κ1) is 21.4. The molecule has 34 heavy (non-hydrogen) atoms. The lowest BCUT2D eigenvalue weighted by Gasteiger charge is -2.55. The summed E-state index contributed by atoms with van der Waals surface area (Å²) in [6, 6.07) is 15.5. The van der Waals surface area contributed by atoms with Crippen LogP contribution in [0.15, 0.2) is 47.0 Å². The lowest BCUT2D eigenvalue weighted by atomic mass is 9.58. The minimum atomic E-state index is -0.264. The standard InChI is InChI=1S/C29H32N4O/c1-19-5-6-23(27-20(2)32-34-21(27)3)13-26(19)33(16-22-14-28(15-22)17-31-18-28)25-9-7-24(8-10-25)29(30-4)11-12-29/h5-10,13,22,31H,11-12,14-18H2,1-3H3. The van der Waals surface area contributed by atoms with Crippen LogP contribution >= 0.6 is 0 Å². The van der Waals surface area contributed by atoms with Crippen LogP contribution in [-0.4, -0.2) is 24.8 Å². The summed E-state index contributed by atoms with van der Waals surface area (Å²) in [6.07, 6.45) is 4.57. The first-order chi connectivity index (χ1) is 16.4. The molecule has 0 unspecified atom stereocenters. The van der Waals surface area contributed by atoms with Crippen LogP contribution in [0.1, 0.15) is 48.3 Å². The van der Waals surface area contributed by atoms with Gasteiger partial charge in [-0.2, -0.15) is 0 Å². The van der Waals surface area contributed by atoms with Crippen molar-refractivity contribution in [1.82, 2.24) is 10.5 Å². The van der Waals surface area contributed by atoms with Gasteiger partial charge in [-0.25, -0.2) is 6.57 Å². The number of rotatable bonds is 6. The van der Waals surface area contributed by atoms with Gasteiger partial charge in [-0.15, -0.1) is 0 Å². The van der Waals surface area contributed by atoms with E-state index in [0.29, 0.717) is 11.3 Å². The van der Waals surface area contributed by atoms with Gasteiger partial charge in [-0.05, 0) is 86.4 Å². The van der Waals surface area contributed by atoms with Gasteiger partial charge < -0.3 is 19.6 Å². The van der Waals surface area contributed by atoms with E-state index in [2.05, 4.69) is 69.6 Å². The normalized spacial score (nSPS) is 19.8. The fourth-order valence-corrected chi connectivity index (χ4v) is 6.15. The van der Waals surface area contributed by atoms with E-state index in [9.17, 15) is 0 Å². The fourth-order valence-electron chi connectivity index (χ4n) is 6.15. The molecule has 0 radical (unpaired) electrons. The van der Waals surface area contributed by atoms with Crippen molar-refractivity contribution in [2.75, 3.05) is 24.5 Å². The van der Waals surface area contributed by atoms with Crippen LogP contribution in [0, 0.1) is 38.7 Å². The van der Waals surface area contributed by atoms with Gasteiger partial charge in [0.15, 0.2) is 0 Å². The number of benzene rings is 2. The Kier molecular flexibility index (Phi) is 4.86. The number of aryl methyl sites for hydroxylation is 3. The Morgan fingerprint density at radius 3 is 2.38 bits per heavy atom. The maximum atomic E-state index is 7.62. The summed E-state index contributed by atoms with van der Waals surface area (Å²) in [5.41, 5.74) is 8.33. The average molecular weight is 453 g/mol. The summed E-state index contributed by atoms with van der Waals surface area (Å²) in [5.74, 6) is 1.55. The minimum absolute atomic E-state index is 0.264. The van der Waals surface area contributed by atoms with Crippen molar-refractivity contribution in [2.45, 2.75) is 52.0 Å². The molecule has 2 aromatic carbocycles. The zero-order chi connectivity index (χ0) is 23.5. The number of nitrogens with one attached hydrogen (secondary N) is 1. The summed E-state index contributed by atoms with van der Waals surface area (Å²) < 4.78 is 5.47. The zero-order valence-electron chi connectivity index (χ0n) is 20.3. The van der Waals surface area contributed by atoms with Crippen molar-refractivity contribution in [3.63, 3.8) is 0 Å². The third kappa shape index (κ3) is 3.44. The molecule has 1 spiro atoms. The minimum Gasteiger partial charge on any atom is -0.361 e. The lowest BCUT2D eigenvalue weighted by molar-refractivity contribution is 0.00497. The van der Waals surface area contributed by atoms with E-state index in [1.807, 2.05) is 13.8 Å². The molecule has 2 saturated carbocycles. The molecule has 1 saturated heterocycles. The topological polar surface area (TPSA) is 45.7 Å². The Bertz CT molecular complexity index is 1250. The smallest absolute Gasteiger partial charge is 0.258 e. The highest BCUT2D eigenvalue weighted by molar-refractivity contribution is 5.76. The van der Waals surface area contributed by atoms with Gasteiger partial charge in [-0.3, -0.25) is 0 Å². The molecule has 1 aromatic heterocycles. The predicted molar refractivity (Wildman–Crippen MR) is 135 cm³/mol. The summed E-state index contributed by atoms with van der Waals surface area (Å²) in [6.45, 7) is 17.2. The maximum absolute atomic E-state index is 7.62. The van der Waals surface area contributed by atoms with Crippen LogP contribution in [-0.2, 0) is 5.54 Å². The van der Waals surface area contributed by atoms with E-state index in [1.165, 1.54) is 42.9 Å². The van der Waals surface area contributed by atoms with Gasteiger partial charge in [0, 0.05) is 55.0 Å². The molecule has 3 fully saturated rings. The molecule has 3 aromatic rings. The number of aromatic nitrogens is 1. The Balaban J connectivity index is 1.36. The molecule has 3 aliphatic rings. The molecule has 0 bridgehead atoms. The van der Waals surface area contributed by atoms with Crippen LogP contribution in [0.3, 0.4) is 0 Å². The quantitative estimate of drug-likeness (QED) is 0.445. The monoisotopic (exact) mass is 452 g/mol. The molecule has 6 rings (SSSR count). The Morgan fingerprint density at radius 2 is 1.82 bits per heavy atom. The summed E-state index contributed by atoms with van der Waals surface area (Å²) in [7, 11) is 0. The van der Waals surface area contributed by atoms with Crippen molar-refractivity contribution < 1.29 is 4.52 Å². The Morgan fingerprint density at radius 1 is 1.09 bits per heavy atom.